The lowest BCUT2D eigenvalue weighted by molar-refractivity contribution is -0.161. The van der Waals surface area contributed by atoms with E-state index < -0.39 is 59.2 Å². The summed E-state index contributed by atoms with van der Waals surface area (Å²) in [5.74, 6) is -3.15. The summed E-state index contributed by atoms with van der Waals surface area (Å²) in [6.45, 7) is 18.2. The van der Waals surface area contributed by atoms with E-state index in [0.29, 0.717) is 30.9 Å². The topological polar surface area (TPSA) is 223 Å². The molecule has 0 spiro atoms. The number of urea groups is 1. The number of nitrogens with zero attached hydrogens (tertiary/aromatic N) is 4. The van der Waals surface area contributed by atoms with Crippen molar-refractivity contribution in [2.75, 3.05) is 78.8 Å². The molecule has 2 unspecified atom stereocenters. The molecule has 2 aliphatic heterocycles. The number of rotatable bonds is 18. The Kier molecular flexibility index (Phi) is 18.2. The molecule has 4 rings (SSSR count). The minimum Gasteiger partial charge on any atom is -0.410 e. The molecular formula is C45H63N7O12. The summed E-state index contributed by atoms with van der Waals surface area (Å²) in [4.78, 5) is 106. The van der Waals surface area contributed by atoms with Gasteiger partial charge in [-0.15, -0.1) is 0 Å². The zero-order valence-corrected chi connectivity index (χ0v) is 38.2. The molecule has 2 atom stereocenters. The number of carbonyl (C=O) groups excluding carboxylic acids is 8. The monoisotopic (exact) mass is 893 g/mol. The highest BCUT2D eigenvalue weighted by Gasteiger charge is 2.39. The lowest BCUT2D eigenvalue weighted by Crippen LogP contribution is -2.58. The minimum absolute atomic E-state index is 0.0328. The predicted molar refractivity (Wildman–Crippen MR) is 233 cm³/mol. The first-order valence-electron chi connectivity index (χ1n) is 21.6. The molecule has 0 aliphatic carbocycles. The number of piperazine rings is 2. The van der Waals surface area contributed by atoms with Crippen LogP contribution in [0.1, 0.15) is 84.9 Å². The van der Waals surface area contributed by atoms with Crippen molar-refractivity contribution >= 4 is 47.8 Å². The molecule has 3 N–H and O–H groups in total. The molecule has 0 bridgehead atoms. The van der Waals surface area contributed by atoms with Gasteiger partial charge in [0.1, 0.15) is 11.5 Å². The van der Waals surface area contributed by atoms with Crippen molar-refractivity contribution in [3.05, 3.63) is 59.7 Å². The summed E-state index contributed by atoms with van der Waals surface area (Å²) < 4.78 is 21.7. The number of nitrogens with one attached hydrogen (secondary N) is 3. The predicted octanol–water partition coefficient (Wildman–Crippen LogP) is 3.82. The van der Waals surface area contributed by atoms with Gasteiger partial charge < -0.3 is 44.7 Å². The van der Waals surface area contributed by atoms with Gasteiger partial charge in [0.05, 0.1) is 32.5 Å². The van der Waals surface area contributed by atoms with Crippen LogP contribution in [0.25, 0.3) is 0 Å². The van der Waals surface area contributed by atoms with Gasteiger partial charge in [-0.3, -0.25) is 33.8 Å². The van der Waals surface area contributed by atoms with E-state index in [2.05, 4.69) is 16.0 Å². The molecule has 2 aromatic rings. The van der Waals surface area contributed by atoms with Gasteiger partial charge in [0.15, 0.2) is 0 Å². The van der Waals surface area contributed by atoms with Gasteiger partial charge in [0.2, 0.25) is 5.91 Å². The number of likely N-dealkylation sites (N-methyl/N-ethyl adjacent to an activating group) is 2. The van der Waals surface area contributed by atoms with Crippen LogP contribution in [-0.2, 0) is 33.4 Å². The van der Waals surface area contributed by atoms with Crippen molar-refractivity contribution in [1.29, 1.82) is 0 Å². The summed E-state index contributed by atoms with van der Waals surface area (Å²) in [6, 6.07) is 12.3. The highest BCUT2D eigenvalue weighted by Crippen LogP contribution is 2.39. The van der Waals surface area contributed by atoms with Crippen LogP contribution in [-0.4, -0.2) is 146 Å². The number of hydrogen-bond donors (Lipinski definition) is 3. The molecule has 2 fully saturated rings. The summed E-state index contributed by atoms with van der Waals surface area (Å²) in [7, 11) is 0. The van der Waals surface area contributed by atoms with Gasteiger partial charge in [-0.05, 0) is 66.0 Å². The van der Waals surface area contributed by atoms with Crippen LogP contribution in [0.5, 0.6) is 11.5 Å². The fourth-order valence-electron chi connectivity index (χ4n) is 7.15. The van der Waals surface area contributed by atoms with Crippen LogP contribution < -0.4 is 25.4 Å². The molecule has 2 heterocycles. The van der Waals surface area contributed by atoms with E-state index >= 15 is 0 Å². The van der Waals surface area contributed by atoms with Crippen LogP contribution in [0, 0.1) is 10.8 Å². The maximum absolute atomic E-state index is 13.2. The smallest absolute Gasteiger partial charge is 0.410 e. The number of hydrogen-bond acceptors (Lipinski definition) is 12. The second kappa shape index (κ2) is 23.0. The summed E-state index contributed by atoms with van der Waals surface area (Å²) in [5.41, 5.74) is 0.714. The van der Waals surface area contributed by atoms with E-state index in [1.54, 1.807) is 62.4 Å². The lowest BCUT2D eigenvalue weighted by atomic mass is 9.74. The summed E-state index contributed by atoms with van der Waals surface area (Å²) in [5, 5.41) is 8.10. The van der Waals surface area contributed by atoms with Gasteiger partial charge >= 0.3 is 41.8 Å². The molecule has 0 saturated carbocycles. The van der Waals surface area contributed by atoms with Gasteiger partial charge in [-0.1, -0.05) is 65.8 Å². The third kappa shape index (κ3) is 14.2. The molecule has 19 nitrogen and oxygen atoms in total. The number of benzene rings is 2. The van der Waals surface area contributed by atoms with Crippen molar-refractivity contribution in [3.63, 3.8) is 0 Å². The quantitative estimate of drug-likeness (QED) is 0.144. The maximum atomic E-state index is 13.2. The van der Waals surface area contributed by atoms with E-state index in [1.165, 1.54) is 9.80 Å². The van der Waals surface area contributed by atoms with Crippen LogP contribution in [0.4, 0.5) is 14.4 Å². The number of carbonyl (C=O) groups is 8. The van der Waals surface area contributed by atoms with E-state index in [9.17, 15) is 38.4 Å². The Balaban J connectivity index is 1.08. The first-order chi connectivity index (χ1) is 30.2. The molecule has 2 aliphatic rings. The standard InChI is InChI=1S/C45H63N7O12/c1-9-49-21-23-51(39(56)37(49)54)35(53)29-34(44(3,4)5)30-11-15-32(16-12-30)63-42(59)46-19-25-61-27-28-62-26-20-47-43(60)64-33-17-13-31(14-18-33)36(45(6,7)8)48-41(58)52-24-22-50(10-2)38(55)40(52)57/h11-18,34,36H,9-10,19-29H2,1-8H3,(H,46,59)(H,47,60)(H,48,58). The third-order valence-corrected chi connectivity index (χ3v) is 10.8. The Morgan fingerprint density at radius 2 is 1.02 bits per heavy atom. The largest absolute Gasteiger partial charge is 0.412 e. The average molecular weight is 894 g/mol. The van der Waals surface area contributed by atoms with Crippen LogP contribution in [0.15, 0.2) is 48.5 Å². The lowest BCUT2D eigenvalue weighted by Gasteiger charge is -2.36. The fraction of sp³-hybridized carbons (Fsp3) is 0.556. The molecule has 64 heavy (non-hydrogen) atoms. The minimum atomic E-state index is -0.863. The van der Waals surface area contributed by atoms with E-state index in [-0.39, 0.29) is 82.7 Å². The average Bonchev–Trinajstić information content (AvgIpc) is 3.24. The van der Waals surface area contributed by atoms with Crippen molar-refractivity contribution in [1.82, 2.24) is 35.6 Å². The highest BCUT2D eigenvalue weighted by atomic mass is 16.6. The molecule has 2 aromatic carbocycles. The molecule has 19 heteroatoms. The van der Waals surface area contributed by atoms with Gasteiger partial charge in [0, 0.05) is 58.8 Å². The van der Waals surface area contributed by atoms with Crippen molar-refractivity contribution in [3.8, 4) is 11.5 Å². The molecular weight excluding hydrogens is 831 g/mol. The molecule has 0 radical (unpaired) electrons. The summed E-state index contributed by atoms with van der Waals surface area (Å²) in [6.07, 6.45) is -1.33. The summed E-state index contributed by atoms with van der Waals surface area (Å²) >= 11 is 0. The first kappa shape index (κ1) is 50.6. The zero-order chi connectivity index (χ0) is 47.2. The maximum Gasteiger partial charge on any atom is 0.412 e. The normalized spacial score (nSPS) is 15.8. The van der Waals surface area contributed by atoms with Gasteiger partial charge in [0.25, 0.3) is 0 Å². The van der Waals surface area contributed by atoms with E-state index in [4.69, 9.17) is 18.9 Å². The van der Waals surface area contributed by atoms with E-state index in [0.717, 1.165) is 15.4 Å². The fourth-order valence-corrected chi connectivity index (χ4v) is 7.15. The van der Waals surface area contributed by atoms with E-state index in [1.807, 2.05) is 41.5 Å². The van der Waals surface area contributed by atoms with Crippen LogP contribution >= 0.6 is 0 Å². The molecule has 350 valence electrons. The zero-order valence-electron chi connectivity index (χ0n) is 38.2. The third-order valence-electron chi connectivity index (χ3n) is 10.8. The Hall–Kier alpha value is -6.08. The Bertz CT molecular complexity index is 1840. The highest BCUT2D eigenvalue weighted by molar-refractivity contribution is 6.38. The Labute approximate surface area is 374 Å². The Morgan fingerprint density at radius 3 is 1.45 bits per heavy atom. The SMILES string of the molecule is CCN1CCN(C(=O)CC(c2ccc(OC(=O)NCCOCCOCCNC(=O)Oc3ccc(C(NC(=O)N4CCN(CC)C(=O)C4=O)C(C)(C)C)cc3)cc2)C(C)(C)C)C(=O)C1=O. The molecule has 9 amide bonds. The first-order valence-corrected chi connectivity index (χ1v) is 21.6. The number of amides is 9. The van der Waals surface area contributed by atoms with Crippen molar-refractivity contribution in [2.24, 2.45) is 10.8 Å². The van der Waals surface area contributed by atoms with Gasteiger partial charge in [-0.2, -0.15) is 0 Å². The molecule has 2 saturated heterocycles. The van der Waals surface area contributed by atoms with Gasteiger partial charge in [-0.25, -0.2) is 14.4 Å². The second-order valence-corrected chi connectivity index (χ2v) is 17.4. The number of ether oxygens (including phenoxy) is 4. The van der Waals surface area contributed by atoms with Crippen LogP contribution in [0.2, 0.25) is 0 Å². The van der Waals surface area contributed by atoms with Crippen molar-refractivity contribution in [2.45, 2.75) is 73.8 Å². The Morgan fingerprint density at radius 1 is 0.578 bits per heavy atom. The van der Waals surface area contributed by atoms with Crippen LogP contribution in [0.3, 0.4) is 0 Å². The molecule has 0 aromatic heterocycles. The second-order valence-electron chi connectivity index (χ2n) is 17.4. The van der Waals surface area contributed by atoms with Crippen molar-refractivity contribution < 1.29 is 57.3 Å². The number of imide groups is 2.